The van der Waals surface area contributed by atoms with Crippen molar-refractivity contribution in [2.24, 2.45) is 0 Å². The summed E-state index contributed by atoms with van der Waals surface area (Å²) in [5.41, 5.74) is 2.71. The maximum atomic E-state index is 13.1. The maximum Gasteiger partial charge on any atom is 0.255 e. The Kier molecular flexibility index (Phi) is 4.23. The summed E-state index contributed by atoms with van der Waals surface area (Å²) in [4.78, 5) is 24.0. The second-order valence-electron chi connectivity index (χ2n) is 6.31. The molecule has 0 spiro atoms. The highest BCUT2D eigenvalue weighted by Gasteiger charge is 2.21. The number of hydrogen-bond donors (Lipinski definition) is 1. The van der Waals surface area contributed by atoms with E-state index in [1.54, 1.807) is 23.5 Å². The molecule has 4 nitrogen and oxygen atoms in total. The summed E-state index contributed by atoms with van der Waals surface area (Å²) in [6.45, 7) is 4.14. The number of H-pyrrole nitrogens is 1. The molecular formula is C19H18FN3OS. The molecule has 0 aliphatic carbocycles. The Bertz CT molecular complexity index is 962. The van der Waals surface area contributed by atoms with Gasteiger partial charge in [-0.15, -0.1) is 11.3 Å². The van der Waals surface area contributed by atoms with Crippen molar-refractivity contribution in [1.82, 2.24) is 14.9 Å². The molecule has 0 bridgehead atoms. The summed E-state index contributed by atoms with van der Waals surface area (Å²) in [5.74, 6) is 0.459. The smallest absolute Gasteiger partial charge is 0.255 e. The minimum atomic E-state index is -0.221. The monoisotopic (exact) mass is 355 g/mol. The Labute approximate surface area is 149 Å². The zero-order valence-electron chi connectivity index (χ0n) is 13.9. The average molecular weight is 355 g/mol. The standard InChI is InChI=1S/C19H18FN3OS/c1-12-21-17-8-9-23(11-16(17)19(24)22-12)10-15-6-7-18(25-15)13-2-4-14(20)5-3-13/h2-7H,8-11H2,1H3,(H,21,22,24). The number of nitrogens with zero attached hydrogens (tertiary/aromatic N) is 2. The summed E-state index contributed by atoms with van der Waals surface area (Å²) >= 11 is 1.71. The summed E-state index contributed by atoms with van der Waals surface area (Å²) in [6, 6.07) is 10.7. The van der Waals surface area contributed by atoms with E-state index in [0.29, 0.717) is 12.4 Å². The van der Waals surface area contributed by atoms with Crippen molar-refractivity contribution in [2.75, 3.05) is 6.54 Å². The van der Waals surface area contributed by atoms with E-state index in [0.717, 1.165) is 41.2 Å². The first-order valence-electron chi connectivity index (χ1n) is 8.24. The van der Waals surface area contributed by atoms with Crippen LogP contribution in [0.2, 0.25) is 0 Å². The van der Waals surface area contributed by atoms with Crippen LogP contribution in [0.5, 0.6) is 0 Å². The van der Waals surface area contributed by atoms with E-state index in [9.17, 15) is 9.18 Å². The van der Waals surface area contributed by atoms with Crippen molar-refractivity contribution in [2.45, 2.75) is 26.4 Å². The molecule has 3 aromatic rings. The molecule has 0 amide bonds. The van der Waals surface area contributed by atoms with Gasteiger partial charge >= 0.3 is 0 Å². The number of benzene rings is 1. The van der Waals surface area contributed by atoms with Gasteiger partial charge in [0, 0.05) is 35.8 Å². The van der Waals surface area contributed by atoms with Crippen LogP contribution >= 0.6 is 11.3 Å². The molecule has 0 saturated carbocycles. The Morgan fingerprint density at radius 1 is 1.24 bits per heavy atom. The number of thiophene rings is 1. The van der Waals surface area contributed by atoms with Crippen molar-refractivity contribution in [3.05, 3.63) is 74.5 Å². The normalized spacial score (nSPS) is 14.5. The number of nitrogens with one attached hydrogen (secondary N) is 1. The van der Waals surface area contributed by atoms with Gasteiger partial charge in [0.1, 0.15) is 11.6 Å². The molecule has 1 N–H and O–H groups in total. The molecule has 0 unspecified atom stereocenters. The van der Waals surface area contributed by atoms with Gasteiger partial charge in [-0.25, -0.2) is 9.37 Å². The molecule has 6 heteroatoms. The predicted octanol–water partition coefficient (Wildman–Crippen LogP) is 3.50. The number of aryl methyl sites for hydroxylation is 1. The Balaban J connectivity index is 1.50. The largest absolute Gasteiger partial charge is 0.310 e. The highest BCUT2D eigenvalue weighted by Crippen LogP contribution is 2.29. The van der Waals surface area contributed by atoms with Crippen LogP contribution in [0.25, 0.3) is 10.4 Å². The van der Waals surface area contributed by atoms with Crippen LogP contribution < -0.4 is 5.56 Å². The third kappa shape index (κ3) is 3.41. The van der Waals surface area contributed by atoms with Crippen LogP contribution in [-0.2, 0) is 19.5 Å². The first kappa shape index (κ1) is 16.2. The van der Waals surface area contributed by atoms with E-state index in [1.165, 1.54) is 17.0 Å². The van der Waals surface area contributed by atoms with Crippen LogP contribution in [0.15, 0.2) is 41.2 Å². The van der Waals surface area contributed by atoms with E-state index < -0.39 is 0 Å². The SMILES string of the molecule is Cc1nc2c(c(=O)[nH]1)CN(Cc1ccc(-c3ccc(F)cc3)s1)CC2. The number of aromatic nitrogens is 2. The Morgan fingerprint density at radius 2 is 2.04 bits per heavy atom. The molecule has 0 atom stereocenters. The van der Waals surface area contributed by atoms with Crippen molar-refractivity contribution >= 4 is 11.3 Å². The maximum absolute atomic E-state index is 13.1. The van der Waals surface area contributed by atoms with E-state index >= 15 is 0 Å². The second-order valence-corrected chi connectivity index (χ2v) is 7.48. The molecular weight excluding hydrogens is 337 g/mol. The van der Waals surface area contributed by atoms with Gasteiger partial charge < -0.3 is 4.98 Å². The fourth-order valence-corrected chi connectivity index (χ4v) is 4.25. The van der Waals surface area contributed by atoms with Gasteiger partial charge in [0.2, 0.25) is 0 Å². The number of rotatable bonds is 3. The molecule has 25 heavy (non-hydrogen) atoms. The van der Waals surface area contributed by atoms with E-state index in [1.807, 2.05) is 6.92 Å². The summed E-state index contributed by atoms with van der Waals surface area (Å²) in [6.07, 6.45) is 0.802. The molecule has 0 saturated heterocycles. The van der Waals surface area contributed by atoms with Crippen molar-refractivity contribution < 1.29 is 4.39 Å². The third-order valence-corrected chi connectivity index (χ3v) is 5.55. The predicted molar refractivity (Wildman–Crippen MR) is 97.1 cm³/mol. The molecule has 1 aliphatic heterocycles. The van der Waals surface area contributed by atoms with Crippen LogP contribution in [0.3, 0.4) is 0 Å². The number of aromatic amines is 1. The average Bonchev–Trinajstić information content (AvgIpc) is 3.04. The van der Waals surface area contributed by atoms with E-state index in [-0.39, 0.29) is 11.4 Å². The van der Waals surface area contributed by atoms with Gasteiger partial charge in [-0.05, 0) is 36.8 Å². The number of halogens is 1. The minimum absolute atomic E-state index is 0.0228. The van der Waals surface area contributed by atoms with Gasteiger partial charge in [0.05, 0.1) is 11.3 Å². The molecule has 3 heterocycles. The fourth-order valence-electron chi connectivity index (χ4n) is 3.19. The first-order valence-corrected chi connectivity index (χ1v) is 9.06. The van der Waals surface area contributed by atoms with E-state index in [4.69, 9.17) is 0 Å². The number of hydrogen-bond acceptors (Lipinski definition) is 4. The van der Waals surface area contributed by atoms with Crippen molar-refractivity contribution in [3.63, 3.8) is 0 Å². The molecule has 0 radical (unpaired) electrons. The second kappa shape index (κ2) is 6.54. The van der Waals surface area contributed by atoms with Crippen LogP contribution in [0, 0.1) is 12.7 Å². The number of fused-ring (bicyclic) bond motifs is 1. The molecule has 1 aromatic carbocycles. The highest BCUT2D eigenvalue weighted by atomic mass is 32.1. The van der Waals surface area contributed by atoms with Gasteiger partial charge in [0.15, 0.2) is 0 Å². The van der Waals surface area contributed by atoms with Crippen LogP contribution in [-0.4, -0.2) is 21.4 Å². The molecule has 1 aliphatic rings. The zero-order chi connectivity index (χ0) is 17.4. The fraction of sp³-hybridized carbons (Fsp3) is 0.263. The zero-order valence-corrected chi connectivity index (χ0v) is 14.7. The van der Waals surface area contributed by atoms with Gasteiger partial charge in [-0.3, -0.25) is 9.69 Å². The van der Waals surface area contributed by atoms with Crippen molar-refractivity contribution in [1.29, 1.82) is 0 Å². The van der Waals surface area contributed by atoms with Crippen molar-refractivity contribution in [3.8, 4) is 10.4 Å². The lowest BCUT2D eigenvalue weighted by molar-refractivity contribution is 0.243. The Hall–Kier alpha value is -2.31. The van der Waals surface area contributed by atoms with Gasteiger partial charge in [0.25, 0.3) is 5.56 Å². The molecule has 2 aromatic heterocycles. The molecule has 4 rings (SSSR count). The highest BCUT2D eigenvalue weighted by molar-refractivity contribution is 7.15. The quantitative estimate of drug-likeness (QED) is 0.782. The molecule has 128 valence electrons. The van der Waals surface area contributed by atoms with Gasteiger partial charge in [-0.2, -0.15) is 0 Å². The first-order chi connectivity index (χ1) is 12.1. The Morgan fingerprint density at radius 3 is 2.84 bits per heavy atom. The molecule has 0 fully saturated rings. The minimum Gasteiger partial charge on any atom is -0.310 e. The summed E-state index contributed by atoms with van der Waals surface area (Å²) < 4.78 is 13.1. The summed E-state index contributed by atoms with van der Waals surface area (Å²) in [5, 5.41) is 0. The van der Waals surface area contributed by atoms with E-state index in [2.05, 4.69) is 27.0 Å². The topological polar surface area (TPSA) is 49.0 Å². The summed E-state index contributed by atoms with van der Waals surface area (Å²) in [7, 11) is 0. The third-order valence-electron chi connectivity index (χ3n) is 4.44. The van der Waals surface area contributed by atoms with Crippen LogP contribution in [0.1, 0.15) is 22.0 Å². The van der Waals surface area contributed by atoms with Crippen LogP contribution in [0.4, 0.5) is 4.39 Å². The lowest BCUT2D eigenvalue weighted by atomic mass is 10.1. The lowest BCUT2D eigenvalue weighted by Crippen LogP contribution is -2.35. The lowest BCUT2D eigenvalue weighted by Gasteiger charge is -2.27. The van der Waals surface area contributed by atoms with Gasteiger partial charge in [-0.1, -0.05) is 12.1 Å².